The van der Waals surface area contributed by atoms with Crippen LogP contribution < -0.4 is 5.73 Å². The van der Waals surface area contributed by atoms with Gasteiger partial charge in [0.2, 0.25) is 0 Å². The van der Waals surface area contributed by atoms with E-state index in [0.717, 1.165) is 18.6 Å². The minimum Gasteiger partial charge on any atom is -0.381 e. The van der Waals surface area contributed by atoms with Crippen LogP contribution in [0.2, 0.25) is 0 Å². The maximum Gasteiger partial charge on any atom is 0.167 e. The van der Waals surface area contributed by atoms with E-state index in [1.165, 1.54) is 11.1 Å². The number of nitrogens with two attached hydrogens (primary N) is 1. The van der Waals surface area contributed by atoms with Gasteiger partial charge in [-0.15, -0.1) is 0 Å². The SMILES string of the molecule is Nc1cc(C2Cc3ccccc3C2)on1. The third-order valence-electron chi connectivity index (χ3n) is 3.00. The molecule has 2 N–H and O–H groups in total. The standard InChI is InChI=1S/C12H12N2O/c13-12-7-11(15-14-12)10-5-8-3-1-2-4-9(8)6-10/h1-4,7,10H,5-6H2,(H2,13,14). The van der Waals surface area contributed by atoms with Crippen molar-refractivity contribution in [3.05, 3.63) is 47.2 Å². The molecule has 1 aromatic carbocycles. The largest absolute Gasteiger partial charge is 0.381 e. The molecule has 0 bridgehead atoms. The Kier molecular flexibility index (Phi) is 1.78. The number of nitrogen functional groups attached to an aromatic ring is 1. The highest BCUT2D eigenvalue weighted by Gasteiger charge is 2.25. The van der Waals surface area contributed by atoms with Crippen molar-refractivity contribution in [3.8, 4) is 0 Å². The van der Waals surface area contributed by atoms with Gasteiger partial charge in [0.25, 0.3) is 0 Å². The molecule has 0 spiro atoms. The van der Waals surface area contributed by atoms with Crippen LogP contribution in [0.3, 0.4) is 0 Å². The fraction of sp³-hybridized carbons (Fsp3) is 0.250. The molecule has 3 heteroatoms. The van der Waals surface area contributed by atoms with Crippen LogP contribution in [0.15, 0.2) is 34.9 Å². The summed E-state index contributed by atoms with van der Waals surface area (Å²) in [4.78, 5) is 0. The first kappa shape index (κ1) is 8.53. The summed E-state index contributed by atoms with van der Waals surface area (Å²) in [5.74, 6) is 1.79. The van der Waals surface area contributed by atoms with E-state index >= 15 is 0 Å². The summed E-state index contributed by atoms with van der Waals surface area (Å²) >= 11 is 0. The topological polar surface area (TPSA) is 52.0 Å². The molecular formula is C12H12N2O. The first-order valence-electron chi connectivity index (χ1n) is 5.12. The van der Waals surface area contributed by atoms with E-state index in [9.17, 15) is 0 Å². The molecule has 0 unspecified atom stereocenters. The normalized spacial score (nSPS) is 15.5. The van der Waals surface area contributed by atoms with E-state index in [2.05, 4.69) is 29.4 Å². The summed E-state index contributed by atoms with van der Waals surface area (Å²) in [6, 6.07) is 10.3. The second kappa shape index (κ2) is 3.12. The van der Waals surface area contributed by atoms with Gasteiger partial charge in [-0.3, -0.25) is 0 Å². The lowest BCUT2D eigenvalue weighted by molar-refractivity contribution is 0.364. The Labute approximate surface area is 87.9 Å². The highest BCUT2D eigenvalue weighted by Crippen LogP contribution is 2.34. The quantitative estimate of drug-likeness (QED) is 0.767. The number of aromatic nitrogens is 1. The molecule has 1 aliphatic rings. The Hall–Kier alpha value is -1.77. The molecule has 76 valence electrons. The van der Waals surface area contributed by atoms with Crippen LogP contribution in [0.1, 0.15) is 22.8 Å². The van der Waals surface area contributed by atoms with E-state index in [-0.39, 0.29) is 0 Å². The van der Waals surface area contributed by atoms with Gasteiger partial charge < -0.3 is 10.3 Å². The van der Waals surface area contributed by atoms with E-state index in [1.54, 1.807) is 0 Å². The summed E-state index contributed by atoms with van der Waals surface area (Å²) in [6.45, 7) is 0. The molecule has 1 heterocycles. The minimum atomic E-state index is 0.409. The summed E-state index contributed by atoms with van der Waals surface area (Å²) in [5, 5.41) is 3.73. The van der Waals surface area contributed by atoms with Crippen molar-refractivity contribution in [2.24, 2.45) is 0 Å². The molecule has 1 aromatic heterocycles. The molecule has 0 radical (unpaired) electrons. The van der Waals surface area contributed by atoms with Gasteiger partial charge in [0.15, 0.2) is 5.82 Å². The second-order valence-corrected chi connectivity index (χ2v) is 4.03. The molecule has 1 aliphatic carbocycles. The van der Waals surface area contributed by atoms with Crippen molar-refractivity contribution < 1.29 is 4.52 Å². The molecule has 0 fully saturated rings. The molecule has 0 saturated heterocycles. The Morgan fingerprint density at radius 2 is 1.87 bits per heavy atom. The van der Waals surface area contributed by atoms with Crippen LogP contribution in [0.25, 0.3) is 0 Å². The number of hydrogen-bond acceptors (Lipinski definition) is 3. The summed E-state index contributed by atoms with van der Waals surface area (Å²) < 4.78 is 5.20. The van der Waals surface area contributed by atoms with Crippen LogP contribution in [0.4, 0.5) is 5.82 Å². The van der Waals surface area contributed by atoms with Crippen LogP contribution in [0, 0.1) is 0 Å². The number of nitrogens with zero attached hydrogens (tertiary/aromatic N) is 1. The van der Waals surface area contributed by atoms with Gasteiger partial charge in [0.05, 0.1) is 0 Å². The van der Waals surface area contributed by atoms with Gasteiger partial charge in [0.1, 0.15) is 5.76 Å². The smallest absolute Gasteiger partial charge is 0.167 e. The van der Waals surface area contributed by atoms with Crippen LogP contribution in [0.5, 0.6) is 0 Å². The fourth-order valence-electron chi connectivity index (χ4n) is 2.26. The highest BCUT2D eigenvalue weighted by molar-refractivity contribution is 5.37. The number of rotatable bonds is 1. The number of anilines is 1. The monoisotopic (exact) mass is 200 g/mol. The zero-order valence-electron chi connectivity index (χ0n) is 8.31. The third kappa shape index (κ3) is 1.40. The van der Waals surface area contributed by atoms with E-state index in [4.69, 9.17) is 10.3 Å². The lowest BCUT2D eigenvalue weighted by Crippen LogP contribution is -1.95. The first-order chi connectivity index (χ1) is 7.33. The van der Waals surface area contributed by atoms with Crippen LogP contribution in [-0.4, -0.2) is 5.16 Å². The average Bonchev–Trinajstić information content (AvgIpc) is 2.82. The molecule has 3 nitrogen and oxygen atoms in total. The summed E-state index contributed by atoms with van der Waals surface area (Å²) in [7, 11) is 0. The minimum absolute atomic E-state index is 0.409. The third-order valence-corrected chi connectivity index (χ3v) is 3.00. The van der Waals surface area contributed by atoms with E-state index < -0.39 is 0 Å². The number of hydrogen-bond donors (Lipinski definition) is 1. The lowest BCUT2D eigenvalue weighted by atomic mass is 10.0. The van der Waals surface area contributed by atoms with E-state index in [0.29, 0.717) is 11.7 Å². The Morgan fingerprint density at radius 3 is 2.40 bits per heavy atom. The number of benzene rings is 1. The van der Waals surface area contributed by atoms with Gasteiger partial charge in [0, 0.05) is 12.0 Å². The molecule has 0 aliphatic heterocycles. The van der Waals surface area contributed by atoms with Crippen molar-refractivity contribution in [3.63, 3.8) is 0 Å². The average molecular weight is 200 g/mol. The second-order valence-electron chi connectivity index (χ2n) is 4.03. The zero-order valence-corrected chi connectivity index (χ0v) is 8.31. The zero-order chi connectivity index (χ0) is 10.3. The van der Waals surface area contributed by atoms with Crippen molar-refractivity contribution in [2.75, 3.05) is 5.73 Å². The maximum absolute atomic E-state index is 5.55. The molecule has 0 amide bonds. The van der Waals surface area contributed by atoms with Gasteiger partial charge in [-0.25, -0.2) is 0 Å². The van der Waals surface area contributed by atoms with Gasteiger partial charge in [-0.05, 0) is 24.0 Å². The molecule has 0 atom stereocenters. The Balaban J connectivity index is 1.90. The highest BCUT2D eigenvalue weighted by atomic mass is 16.5. The number of fused-ring (bicyclic) bond motifs is 1. The van der Waals surface area contributed by atoms with E-state index in [1.807, 2.05) is 6.07 Å². The summed E-state index contributed by atoms with van der Waals surface area (Å²) in [5.41, 5.74) is 8.38. The lowest BCUT2D eigenvalue weighted by Gasteiger charge is -2.01. The Morgan fingerprint density at radius 1 is 1.20 bits per heavy atom. The van der Waals surface area contributed by atoms with Crippen molar-refractivity contribution in [1.82, 2.24) is 5.16 Å². The fourth-order valence-corrected chi connectivity index (χ4v) is 2.26. The summed E-state index contributed by atoms with van der Waals surface area (Å²) in [6.07, 6.45) is 2.07. The molecule has 0 saturated carbocycles. The van der Waals surface area contributed by atoms with Crippen LogP contribution in [-0.2, 0) is 12.8 Å². The maximum atomic E-state index is 5.55. The van der Waals surface area contributed by atoms with Gasteiger partial charge in [-0.2, -0.15) is 0 Å². The predicted octanol–water partition coefficient (Wildman–Crippen LogP) is 2.14. The molecular weight excluding hydrogens is 188 g/mol. The van der Waals surface area contributed by atoms with Crippen molar-refractivity contribution in [2.45, 2.75) is 18.8 Å². The molecule has 3 rings (SSSR count). The predicted molar refractivity (Wildman–Crippen MR) is 57.5 cm³/mol. The van der Waals surface area contributed by atoms with Gasteiger partial charge >= 0.3 is 0 Å². The van der Waals surface area contributed by atoms with Crippen molar-refractivity contribution >= 4 is 5.82 Å². The van der Waals surface area contributed by atoms with Gasteiger partial charge in [-0.1, -0.05) is 29.4 Å². The first-order valence-corrected chi connectivity index (χ1v) is 5.12. The van der Waals surface area contributed by atoms with Crippen molar-refractivity contribution in [1.29, 1.82) is 0 Å². The van der Waals surface area contributed by atoms with Crippen LogP contribution >= 0.6 is 0 Å². The molecule has 2 aromatic rings. The Bertz CT molecular complexity index is 465. The molecule has 15 heavy (non-hydrogen) atoms.